The number of nitrogens with one attached hydrogen (secondary N) is 15. The Balaban J connectivity index is 3.57. The minimum absolute atomic E-state index is 0.0161. The average Bonchev–Trinajstić information content (AvgIpc) is 0.991. The molecule has 0 bridgehead atoms. The summed E-state index contributed by atoms with van der Waals surface area (Å²) < 4.78 is 0. The highest BCUT2D eigenvalue weighted by molar-refractivity contribution is 6.00. The van der Waals surface area contributed by atoms with E-state index in [0.717, 1.165) is 6.92 Å². The average molecular weight is 1350 g/mol. The number of aliphatic hydroxyl groups is 2. The van der Waals surface area contributed by atoms with Crippen molar-refractivity contribution >= 4 is 94.7 Å². The monoisotopic (exact) mass is 1350 g/mol. The van der Waals surface area contributed by atoms with Crippen LogP contribution in [0, 0.1) is 16.7 Å². The number of carbonyl (C=O) groups excluding carboxylic acids is 12. The van der Waals surface area contributed by atoms with E-state index in [1.807, 2.05) is 0 Å². The molecule has 0 saturated heterocycles. The van der Waals surface area contributed by atoms with Gasteiger partial charge in [-0.2, -0.15) is 0 Å². The van der Waals surface area contributed by atoms with Crippen LogP contribution in [0.2, 0.25) is 0 Å². The second-order valence-corrected chi connectivity index (χ2v) is 22.2. The number of aliphatic hydroxyl groups excluding tert-OH is 2. The first-order chi connectivity index (χ1) is 44.8. The van der Waals surface area contributed by atoms with Crippen LogP contribution in [-0.2, 0) is 73.5 Å². The highest BCUT2D eigenvalue weighted by atomic mass is 16.4. The molecule has 0 aromatic heterocycles. The second-order valence-electron chi connectivity index (χ2n) is 22.2. The molecule has 95 heavy (non-hydrogen) atoms. The quantitative estimate of drug-likeness (QED) is 0.0164. The van der Waals surface area contributed by atoms with Crippen molar-refractivity contribution in [2.75, 3.05) is 39.9 Å². The fraction of sp³-hybridized carbons (Fsp3) is 0.614. The molecular formula is C57H96N20O18. The maximum Gasteiger partial charge on any atom is 0.305 e. The number of aliphatic carboxylic acids is 2. The van der Waals surface area contributed by atoms with E-state index in [2.05, 4.69) is 69.1 Å². The molecule has 0 saturated carbocycles. The number of rotatable bonds is 48. The second kappa shape index (κ2) is 44.7. The van der Waals surface area contributed by atoms with Crippen molar-refractivity contribution in [3.05, 3.63) is 35.9 Å². The molecule has 12 amide bonds. The lowest BCUT2D eigenvalue weighted by Gasteiger charge is -2.28. The normalized spacial score (nSPS) is 14.7. The molecule has 0 radical (unpaired) electrons. The third-order valence-corrected chi connectivity index (χ3v) is 14.6. The number of unbranched alkanes of at least 4 members (excludes halogenated alkanes) is 1. The molecule has 12 atom stereocenters. The van der Waals surface area contributed by atoms with Crippen LogP contribution in [0.3, 0.4) is 0 Å². The van der Waals surface area contributed by atoms with Crippen LogP contribution in [0.15, 0.2) is 30.3 Å². The number of amides is 12. The van der Waals surface area contributed by atoms with Crippen LogP contribution in [0.25, 0.3) is 0 Å². The molecule has 38 nitrogen and oxygen atoms in total. The number of guanidine groups is 2. The first-order valence-corrected chi connectivity index (χ1v) is 30.7. The summed E-state index contributed by atoms with van der Waals surface area (Å²) in [5.74, 6) is -16.9. The molecule has 1 aromatic rings. The fourth-order valence-electron chi connectivity index (χ4n) is 8.96. The van der Waals surface area contributed by atoms with E-state index in [1.54, 1.807) is 44.2 Å². The Morgan fingerprint density at radius 3 is 1.25 bits per heavy atom. The number of likely N-dealkylation sites (N-methyl/N-ethyl adjacent to an activating group) is 1. The smallest absolute Gasteiger partial charge is 0.305 e. The van der Waals surface area contributed by atoms with Crippen LogP contribution in [-0.4, -0.2) is 222 Å². The number of carbonyl (C=O) groups is 14. The predicted molar refractivity (Wildman–Crippen MR) is 340 cm³/mol. The van der Waals surface area contributed by atoms with Crippen LogP contribution < -0.4 is 97.8 Å². The molecule has 0 aliphatic carbocycles. The molecule has 532 valence electrons. The van der Waals surface area contributed by atoms with E-state index in [9.17, 15) is 87.5 Å². The first-order valence-electron chi connectivity index (χ1n) is 30.7. The van der Waals surface area contributed by atoms with Crippen molar-refractivity contribution in [3.8, 4) is 0 Å². The largest absolute Gasteiger partial charge is 0.481 e. The Hall–Kier alpha value is -9.82. The zero-order valence-electron chi connectivity index (χ0n) is 53.6. The van der Waals surface area contributed by atoms with Gasteiger partial charge in [0.05, 0.1) is 19.6 Å². The van der Waals surface area contributed by atoms with Crippen molar-refractivity contribution in [2.24, 2.45) is 34.6 Å². The van der Waals surface area contributed by atoms with Crippen molar-refractivity contribution in [1.29, 1.82) is 10.8 Å². The lowest BCUT2D eigenvalue weighted by Crippen LogP contribution is -2.61. The summed E-state index contributed by atoms with van der Waals surface area (Å²) in [5.41, 5.74) is 28.1. The Morgan fingerprint density at radius 1 is 0.463 bits per heavy atom. The van der Waals surface area contributed by atoms with Gasteiger partial charge < -0.3 is 118 Å². The van der Waals surface area contributed by atoms with E-state index < -0.39 is 212 Å². The highest BCUT2D eigenvalue weighted by Crippen LogP contribution is 2.13. The van der Waals surface area contributed by atoms with Crippen LogP contribution in [0.4, 0.5) is 0 Å². The van der Waals surface area contributed by atoms with E-state index in [1.165, 1.54) is 7.05 Å². The summed E-state index contributed by atoms with van der Waals surface area (Å²) >= 11 is 0. The van der Waals surface area contributed by atoms with Crippen molar-refractivity contribution in [1.82, 2.24) is 69.1 Å². The number of hydrogen-bond donors (Lipinski definition) is 24. The molecule has 0 unspecified atom stereocenters. The van der Waals surface area contributed by atoms with E-state index in [-0.39, 0.29) is 64.6 Å². The molecule has 0 fully saturated rings. The molecule has 38 heteroatoms. The number of benzene rings is 1. The van der Waals surface area contributed by atoms with Gasteiger partial charge in [-0.3, -0.25) is 77.9 Å². The van der Waals surface area contributed by atoms with Gasteiger partial charge in [-0.05, 0) is 89.8 Å². The molecule has 0 heterocycles. The summed E-state index contributed by atoms with van der Waals surface area (Å²) in [6.07, 6.45) is -3.03. The predicted octanol–water partition coefficient (Wildman–Crippen LogP) is -8.54. The fourth-order valence-corrected chi connectivity index (χ4v) is 8.96. The minimum atomic E-state index is -2.01. The third-order valence-electron chi connectivity index (χ3n) is 14.6. The molecule has 0 aliphatic rings. The Bertz CT molecular complexity index is 2780. The maximum absolute atomic E-state index is 14.3. The minimum Gasteiger partial charge on any atom is -0.481 e. The third kappa shape index (κ3) is 33.0. The summed E-state index contributed by atoms with van der Waals surface area (Å²) in [5, 5.41) is 85.8. The Kier molecular flexibility index (Phi) is 39.1. The van der Waals surface area contributed by atoms with Crippen LogP contribution >= 0.6 is 0 Å². The van der Waals surface area contributed by atoms with E-state index in [4.69, 9.17) is 39.5 Å². The lowest BCUT2D eigenvalue weighted by molar-refractivity contribution is -0.141. The lowest BCUT2D eigenvalue weighted by atomic mass is 9.97. The summed E-state index contributed by atoms with van der Waals surface area (Å²) in [7, 11) is 1.35. The Labute approximate surface area is 548 Å². The van der Waals surface area contributed by atoms with Gasteiger partial charge in [0.15, 0.2) is 11.9 Å². The topological polar surface area (TPSA) is 654 Å². The molecule has 1 rings (SSSR count). The molecule has 29 N–H and O–H groups in total. The van der Waals surface area contributed by atoms with Crippen molar-refractivity contribution in [2.45, 2.75) is 177 Å². The van der Waals surface area contributed by atoms with E-state index in [0.29, 0.717) is 18.4 Å². The van der Waals surface area contributed by atoms with Gasteiger partial charge >= 0.3 is 11.9 Å². The molecular weight excluding hydrogens is 1250 g/mol. The number of carboxylic acids is 2. The van der Waals surface area contributed by atoms with E-state index >= 15 is 0 Å². The first kappa shape index (κ1) is 83.2. The summed E-state index contributed by atoms with van der Waals surface area (Å²) in [4.78, 5) is 186. The maximum atomic E-state index is 14.3. The highest BCUT2D eigenvalue weighted by Gasteiger charge is 2.37. The van der Waals surface area contributed by atoms with Crippen LogP contribution in [0.1, 0.15) is 110 Å². The standard InChI is InChI=1S/C57H96N20O18/c1-5-29(2)44(45(60)85)77-53(93)37(25-31-13-7-6-8-14-31)75-51(91)35(18-20-41(59)80)72-52(92)38(26-43(83)84)74-46(86)30(3)68-55(95)40(28-79)76-49(89)34(17-12-24-67-57(63)64)71-48(88)33(16-11-23-66-56(61)62)70-47(87)32(15-9-10-22-58)69-50(90)36(19-21-42(81)82)73-54(94)39(27-78)65-4/h6-8,13-14,29-30,32-40,44,65,78-79H,5,9-12,15-28,58H2,1-4H3,(H2,59,80)(H2,60,85)(H,68,95)(H,69,90)(H,70,87)(H,71,88)(H,72,92)(H,73,94)(H,74,86)(H,75,91)(H,76,89)(H,77,93)(H,81,82)(H,83,84)(H4,61,62,66)(H4,63,64,67)/t29-,30-,32-,33-,34-,35-,36-,37-,38-,39-,40-,44-/m0/s1. The number of nitrogens with two attached hydrogens (primary N) is 5. The van der Waals surface area contributed by atoms with Gasteiger partial charge in [0.1, 0.15) is 66.5 Å². The number of carboxylic acid groups (broad SMARTS) is 2. The Morgan fingerprint density at radius 2 is 0.853 bits per heavy atom. The number of hydrogen-bond acceptors (Lipinski definition) is 20. The molecule has 1 aromatic carbocycles. The summed E-state index contributed by atoms with van der Waals surface area (Å²) in [6.45, 7) is 2.72. The number of primary amides is 2. The van der Waals surface area contributed by atoms with Gasteiger partial charge in [0.2, 0.25) is 70.9 Å². The SMILES string of the molecule is CC[C@H](C)[C@H](NC(=O)[C@H](Cc1ccccc1)NC(=O)[C@H](CCC(N)=O)NC(=O)[C@H](CC(=O)O)NC(=O)[C@H](C)NC(=O)[C@H](CO)NC(=O)[C@H](CCCNC(=N)N)NC(=O)[C@H](CCCNC(=N)N)NC(=O)[C@H](CCCCN)NC(=O)[C@H](CCC(=O)O)NC(=O)[C@H](CO)NC)C(N)=O. The van der Waals surface area contributed by atoms with Gasteiger partial charge in [0, 0.05) is 32.4 Å². The van der Waals surface area contributed by atoms with Gasteiger partial charge in [-0.25, -0.2) is 0 Å². The van der Waals surface area contributed by atoms with Crippen molar-refractivity contribution in [3.63, 3.8) is 0 Å². The van der Waals surface area contributed by atoms with Gasteiger partial charge in [-0.1, -0.05) is 50.6 Å². The summed E-state index contributed by atoms with van der Waals surface area (Å²) in [6, 6.07) is -9.07. The molecule has 0 spiro atoms. The van der Waals surface area contributed by atoms with Crippen molar-refractivity contribution < 1.29 is 87.5 Å². The van der Waals surface area contributed by atoms with Gasteiger partial charge in [0.25, 0.3) is 0 Å². The zero-order chi connectivity index (χ0) is 71.9. The zero-order valence-corrected chi connectivity index (χ0v) is 53.6. The van der Waals surface area contributed by atoms with Gasteiger partial charge in [-0.15, -0.1) is 0 Å². The molecule has 0 aliphatic heterocycles. The van der Waals surface area contributed by atoms with Crippen LogP contribution in [0.5, 0.6) is 0 Å².